The molecule has 0 spiro atoms. The van der Waals surface area contributed by atoms with Gasteiger partial charge in [-0.25, -0.2) is 4.39 Å². The number of anilines is 1. The predicted molar refractivity (Wildman–Crippen MR) is 87.1 cm³/mol. The van der Waals surface area contributed by atoms with Crippen molar-refractivity contribution in [3.63, 3.8) is 0 Å². The molecule has 0 aliphatic carbocycles. The van der Waals surface area contributed by atoms with Gasteiger partial charge in [-0.05, 0) is 48.7 Å². The zero-order valence-corrected chi connectivity index (χ0v) is 13.0. The SMILES string of the molecule is Cc1ccc(NC(=O)CSCc2ccccc2F)cc1C. The molecule has 0 atom stereocenters. The van der Waals surface area contributed by atoms with Gasteiger partial charge in [0.1, 0.15) is 5.82 Å². The van der Waals surface area contributed by atoms with Crippen molar-refractivity contribution in [3.8, 4) is 0 Å². The maximum absolute atomic E-state index is 13.4. The van der Waals surface area contributed by atoms with Crippen LogP contribution in [0.3, 0.4) is 0 Å². The molecule has 1 amide bonds. The molecule has 110 valence electrons. The Morgan fingerprint density at radius 3 is 2.62 bits per heavy atom. The van der Waals surface area contributed by atoms with Crippen molar-refractivity contribution in [1.82, 2.24) is 0 Å². The van der Waals surface area contributed by atoms with Gasteiger partial charge in [0.2, 0.25) is 5.91 Å². The zero-order valence-electron chi connectivity index (χ0n) is 12.2. The van der Waals surface area contributed by atoms with Gasteiger partial charge in [-0.1, -0.05) is 24.3 Å². The Balaban J connectivity index is 1.82. The fraction of sp³-hybridized carbons (Fsp3) is 0.235. The third-order valence-electron chi connectivity index (χ3n) is 3.24. The maximum atomic E-state index is 13.4. The second-order valence-corrected chi connectivity index (χ2v) is 5.92. The van der Waals surface area contributed by atoms with Gasteiger partial charge in [0, 0.05) is 11.4 Å². The Hall–Kier alpha value is -1.81. The number of carbonyl (C=O) groups excluding carboxylic acids is 1. The highest BCUT2D eigenvalue weighted by atomic mass is 32.2. The summed E-state index contributed by atoms with van der Waals surface area (Å²) in [5.41, 5.74) is 3.77. The average molecular weight is 303 g/mol. The molecule has 2 aromatic carbocycles. The number of hydrogen-bond acceptors (Lipinski definition) is 2. The number of amides is 1. The lowest BCUT2D eigenvalue weighted by Gasteiger charge is -2.08. The molecule has 0 unspecified atom stereocenters. The molecule has 2 nitrogen and oxygen atoms in total. The van der Waals surface area contributed by atoms with Crippen molar-refractivity contribution < 1.29 is 9.18 Å². The molecule has 0 radical (unpaired) electrons. The van der Waals surface area contributed by atoms with Gasteiger partial charge in [-0.3, -0.25) is 4.79 Å². The third kappa shape index (κ3) is 4.60. The number of benzene rings is 2. The molecule has 2 rings (SSSR count). The van der Waals surface area contributed by atoms with Gasteiger partial charge in [-0.2, -0.15) is 0 Å². The fourth-order valence-corrected chi connectivity index (χ4v) is 2.70. The summed E-state index contributed by atoms with van der Waals surface area (Å²) in [4.78, 5) is 11.9. The summed E-state index contributed by atoms with van der Waals surface area (Å²) in [5.74, 6) is 0.507. The smallest absolute Gasteiger partial charge is 0.234 e. The van der Waals surface area contributed by atoms with Crippen LogP contribution in [0.25, 0.3) is 0 Å². The van der Waals surface area contributed by atoms with Gasteiger partial charge in [0.05, 0.1) is 5.75 Å². The third-order valence-corrected chi connectivity index (χ3v) is 4.22. The predicted octanol–water partition coefficient (Wildman–Crippen LogP) is 4.31. The second kappa shape index (κ2) is 7.27. The van der Waals surface area contributed by atoms with Gasteiger partial charge < -0.3 is 5.32 Å². The highest BCUT2D eigenvalue weighted by Crippen LogP contribution is 2.17. The van der Waals surface area contributed by atoms with E-state index in [9.17, 15) is 9.18 Å². The van der Waals surface area contributed by atoms with Crippen LogP contribution in [0.15, 0.2) is 42.5 Å². The van der Waals surface area contributed by atoms with E-state index in [0.717, 1.165) is 11.3 Å². The van der Waals surface area contributed by atoms with Crippen LogP contribution >= 0.6 is 11.8 Å². The largest absolute Gasteiger partial charge is 0.325 e. The van der Waals surface area contributed by atoms with E-state index in [1.54, 1.807) is 18.2 Å². The normalized spacial score (nSPS) is 10.4. The van der Waals surface area contributed by atoms with Crippen molar-refractivity contribution in [1.29, 1.82) is 0 Å². The molecule has 0 aliphatic rings. The van der Waals surface area contributed by atoms with Crippen molar-refractivity contribution in [2.75, 3.05) is 11.1 Å². The zero-order chi connectivity index (χ0) is 15.2. The molecular weight excluding hydrogens is 285 g/mol. The first-order valence-electron chi connectivity index (χ1n) is 6.74. The number of hydrogen-bond donors (Lipinski definition) is 1. The number of halogens is 1. The van der Waals surface area contributed by atoms with Gasteiger partial charge >= 0.3 is 0 Å². The summed E-state index contributed by atoms with van der Waals surface area (Å²) in [7, 11) is 0. The van der Waals surface area contributed by atoms with Crippen LogP contribution in [0.2, 0.25) is 0 Å². The van der Waals surface area contributed by atoms with Crippen LogP contribution in [-0.4, -0.2) is 11.7 Å². The van der Waals surface area contributed by atoms with E-state index in [0.29, 0.717) is 17.1 Å². The minimum Gasteiger partial charge on any atom is -0.325 e. The maximum Gasteiger partial charge on any atom is 0.234 e. The highest BCUT2D eigenvalue weighted by molar-refractivity contribution is 7.99. The molecule has 0 saturated carbocycles. The van der Waals surface area contributed by atoms with Gasteiger partial charge in [0.25, 0.3) is 0 Å². The van der Waals surface area contributed by atoms with Crippen LogP contribution in [0.5, 0.6) is 0 Å². The lowest BCUT2D eigenvalue weighted by molar-refractivity contribution is -0.113. The number of carbonyl (C=O) groups is 1. The van der Waals surface area contributed by atoms with E-state index in [2.05, 4.69) is 5.32 Å². The second-order valence-electron chi connectivity index (χ2n) is 4.93. The monoisotopic (exact) mass is 303 g/mol. The van der Waals surface area contributed by atoms with E-state index in [-0.39, 0.29) is 11.7 Å². The van der Waals surface area contributed by atoms with Crippen molar-refractivity contribution in [3.05, 3.63) is 65.0 Å². The molecule has 0 fully saturated rings. The average Bonchev–Trinajstić information content (AvgIpc) is 2.45. The minimum atomic E-state index is -0.223. The Kier molecular flexibility index (Phi) is 5.39. The first-order valence-corrected chi connectivity index (χ1v) is 7.90. The van der Waals surface area contributed by atoms with Gasteiger partial charge in [-0.15, -0.1) is 11.8 Å². The van der Waals surface area contributed by atoms with E-state index < -0.39 is 0 Å². The van der Waals surface area contributed by atoms with E-state index in [1.807, 2.05) is 32.0 Å². The molecule has 2 aromatic rings. The first kappa shape index (κ1) is 15.6. The lowest BCUT2D eigenvalue weighted by Crippen LogP contribution is -2.14. The molecule has 21 heavy (non-hydrogen) atoms. The van der Waals surface area contributed by atoms with Crippen LogP contribution < -0.4 is 5.32 Å². The van der Waals surface area contributed by atoms with E-state index >= 15 is 0 Å². The molecule has 4 heteroatoms. The molecule has 0 aliphatic heterocycles. The summed E-state index contributed by atoms with van der Waals surface area (Å²) in [6, 6.07) is 12.5. The Morgan fingerprint density at radius 2 is 1.90 bits per heavy atom. The topological polar surface area (TPSA) is 29.1 Å². The quantitative estimate of drug-likeness (QED) is 0.891. The molecule has 0 bridgehead atoms. The van der Waals surface area contributed by atoms with Crippen molar-refractivity contribution >= 4 is 23.4 Å². The van der Waals surface area contributed by atoms with Crippen molar-refractivity contribution in [2.45, 2.75) is 19.6 Å². The molecule has 0 aromatic heterocycles. The summed E-state index contributed by atoms with van der Waals surface area (Å²) >= 11 is 1.40. The Labute approximate surface area is 128 Å². The molecule has 0 heterocycles. The molecular formula is C17H18FNOS. The van der Waals surface area contributed by atoms with Crippen LogP contribution in [-0.2, 0) is 10.5 Å². The Morgan fingerprint density at radius 1 is 1.14 bits per heavy atom. The van der Waals surface area contributed by atoms with E-state index in [1.165, 1.54) is 23.4 Å². The number of nitrogens with one attached hydrogen (secondary N) is 1. The standard InChI is InChI=1S/C17H18FNOS/c1-12-7-8-15(9-13(12)2)19-17(20)11-21-10-14-5-3-4-6-16(14)18/h3-9H,10-11H2,1-2H3,(H,19,20). The van der Waals surface area contributed by atoms with Gasteiger partial charge in [0.15, 0.2) is 0 Å². The van der Waals surface area contributed by atoms with Crippen LogP contribution in [0.1, 0.15) is 16.7 Å². The summed E-state index contributed by atoms with van der Waals surface area (Å²) < 4.78 is 13.4. The summed E-state index contributed by atoms with van der Waals surface area (Å²) in [6.45, 7) is 4.04. The summed E-state index contributed by atoms with van der Waals surface area (Å²) in [5, 5.41) is 2.86. The molecule has 0 saturated heterocycles. The first-order chi connectivity index (χ1) is 10.1. The fourth-order valence-electron chi connectivity index (χ4n) is 1.89. The summed E-state index contributed by atoms with van der Waals surface area (Å²) in [6.07, 6.45) is 0. The number of thioether (sulfide) groups is 1. The van der Waals surface area contributed by atoms with Crippen LogP contribution in [0.4, 0.5) is 10.1 Å². The van der Waals surface area contributed by atoms with Crippen molar-refractivity contribution in [2.24, 2.45) is 0 Å². The number of rotatable bonds is 5. The van der Waals surface area contributed by atoms with E-state index in [4.69, 9.17) is 0 Å². The lowest BCUT2D eigenvalue weighted by atomic mass is 10.1. The van der Waals surface area contributed by atoms with Crippen LogP contribution in [0, 0.1) is 19.7 Å². The molecule has 1 N–H and O–H groups in total. The Bertz CT molecular complexity index is 642. The highest BCUT2D eigenvalue weighted by Gasteiger charge is 2.06. The minimum absolute atomic E-state index is 0.0698. The number of aryl methyl sites for hydroxylation is 2.